The standard InChI is InChI=1S/2Al.FH.H3O4P/c;;;1-5(2,3)4/h;;1H;(H3,1,2,3,4)/q+1;+3;;/p-4. The molecule has 0 aromatic heterocycles. The smallest absolute Gasteiger partial charge is 0.822 e. The average Bonchev–Trinajstić information content (AvgIpc) is 1.36. The molecule has 0 aromatic rings. The van der Waals surface area contributed by atoms with Crippen LogP contribution in [-0.4, -0.2) is 34.1 Å². The van der Waals surface area contributed by atoms with E-state index in [1.54, 1.807) is 0 Å². The van der Waals surface area contributed by atoms with Crippen molar-refractivity contribution in [3.05, 3.63) is 0 Å². The molecule has 0 aromatic carbocycles. The van der Waals surface area contributed by atoms with Gasteiger partial charge in [0.25, 0.3) is 0 Å². The largest absolute Gasteiger partial charge is 3.00 e. The molecule has 0 aliphatic carbocycles. The Morgan fingerprint density at radius 1 is 1.25 bits per heavy atom. The maximum Gasteiger partial charge on any atom is 3.00 e. The summed E-state index contributed by atoms with van der Waals surface area (Å²) >= 11 is 0.917. The summed E-state index contributed by atoms with van der Waals surface area (Å²) in [6.45, 7) is 0. The Labute approximate surface area is 65.0 Å². The first-order chi connectivity index (χ1) is 3.00. The van der Waals surface area contributed by atoms with Crippen molar-refractivity contribution in [2.45, 2.75) is 0 Å². The quantitative estimate of drug-likeness (QED) is 0.282. The van der Waals surface area contributed by atoms with Crippen LogP contribution in [0.15, 0.2) is 0 Å². The van der Waals surface area contributed by atoms with Gasteiger partial charge >= 0.3 is 34.1 Å². The van der Waals surface area contributed by atoms with Gasteiger partial charge < -0.3 is 22.8 Å². The van der Waals surface area contributed by atoms with Gasteiger partial charge in [0.1, 0.15) is 0 Å². The van der Waals surface area contributed by atoms with Crippen molar-refractivity contribution in [2.24, 2.45) is 0 Å². The van der Waals surface area contributed by atoms with E-state index in [1.807, 2.05) is 0 Å². The van der Waals surface area contributed by atoms with E-state index in [4.69, 9.17) is 19.2 Å². The molecule has 4 nitrogen and oxygen atoms in total. The van der Waals surface area contributed by atoms with Crippen LogP contribution in [0.25, 0.3) is 0 Å². The fourth-order valence-corrected chi connectivity index (χ4v) is 0. The summed E-state index contributed by atoms with van der Waals surface area (Å²) in [5.74, 6) is 0. The fraction of sp³-hybridized carbons (Fsp3) is 0. The van der Waals surface area contributed by atoms with Gasteiger partial charge in [-0.25, -0.2) is 0 Å². The van der Waals surface area contributed by atoms with Crippen LogP contribution in [0.4, 0.5) is 3.52 Å². The van der Waals surface area contributed by atoms with E-state index < -0.39 is 7.82 Å². The Kier molecular flexibility index (Phi) is 16.3. The molecule has 0 bridgehead atoms. The predicted molar refractivity (Wildman–Crippen MR) is 20.2 cm³/mol. The summed E-state index contributed by atoms with van der Waals surface area (Å²) in [5.41, 5.74) is 0. The number of rotatable bonds is 0. The summed E-state index contributed by atoms with van der Waals surface area (Å²) in [6.07, 6.45) is 0. The molecule has 2 radical (unpaired) electrons. The first-order valence-electron chi connectivity index (χ1n) is 0.949. The second kappa shape index (κ2) is 8.10. The third-order valence-electron chi connectivity index (χ3n) is 0. The molecular weight excluding hydrogens is 168 g/mol. The predicted octanol–water partition coefficient (Wildman–Crippen LogP) is -3.17. The minimum absolute atomic E-state index is 0. The zero-order chi connectivity index (χ0) is 6.50. The normalized spacial score (nSPS) is 8.00. The summed E-state index contributed by atoms with van der Waals surface area (Å²) in [5, 5.41) is 0. The molecule has 0 fully saturated rings. The number of phosphoric acid groups is 1. The first kappa shape index (κ1) is 16.0. The van der Waals surface area contributed by atoms with E-state index >= 15 is 0 Å². The fourth-order valence-electron chi connectivity index (χ4n) is 0. The van der Waals surface area contributed by atoms with Crippen LogP contribution in [0.2, 0.25) is 0 Å². The van der Waals surface area contributed by atoms with Gasteiger partial charge in [0, 0.05) is 0 Å². The van der Waals surface area contributed by atoms with Crippen LogP contribution in [0.1, 0.15) is 0 Å². The van der Waals surface area contributed by atoms with Gasteiger partial charge in [0.15, 0.2) is 0 Å². The number of hydrogen-bond donors (Lipinski definition) is 0. The molecule has 0 saturated carbocycles. The molecule has 0 N–H and O–H groups in total. The molecule has 0 saturated heterocycles. The second-order valence-electron chi connectivity index (χ2n) is 0.447. The third kappa shape index (κ3) is 217. The maximum absolute atomic E-state index is 9.42. The Morgan fingerprint density at radius 3 is 1.25 bits per heavy atom. The van der Waals surface area contributed by atoms with Crippen molar-refractivity contribution in [1.29, 1.82) is 0 Å². The Bertz CT molecular complexity index is 60.2. The van der Waals surface area contributed by atoms with Crippen molar-refractivity contribution in [3.63, 3.8) is 0 Å². The van der Waals surface area contributed by atoms with Crippen LogP contribution in [0.5, 0.6) is 0 Å². The molecular formula is Al2FO4P. The van der Waals surface area contributed by atoms with Crippen molar-refractivity contribution in [1.82, 2.24) is 0 Å². The molecule has 42 valence electrons. The molecule has 0 heterocycles. The molecule has 0 spiro atoms. The SMILES string of the molecule is O=P([O-])([O-])[O-].[Al+3].[F][Al]. The van der Waals surface area contributed by atoms with Crippen molar-refractivity contribution in [3.8, 4) is 0 Å². The number of hydrogen-bond acceptors (Lipinski definition) is 4. The van der Waals surface area contributed by atoms with E-state index in [1.165, 1.54) is 0 Å². The zero-order valence-electron chi connectivity index (χ0n) is 3.61. The number of halogens is 1. The zero-order valence-corrected chi connectivity index (χ0v) is 6.82. The van der Waals surface area contributed by atoms with Gasteiger partial charge in [-0.3, -0.25) is 0 Å². The Hall–Kier alpha value is 1.10. The van der Waals surface area contributed by atoms with E-state index in [0.717, 1.165) is 16.7 Å². The van der Waals surface area contributed by atoms with Gasteiger partial charge in [-0.2, -0.15) is 7.82 Å². The molecule has 8 heavy (non-hydrogen) atoms. The summed E-state index contributed by atoms with van der Waals surface area (Å²) < 4.78 is 18.0. The van der Waals surface area contributed by atoms with E-state index in [0.29, 0.717) is 0 Å². The minimum atomic E-state index is -5.39. The van der Waals surface area contributed by atoms with Crippen LogP contribution in [0, 0.1) is 0 Å². The van der Waals surface area contributed by atoms with Crippen LogP contribution in [0.3, 0.4) is 0 Å². The van der Waals surface area contributed by atoms with Gasteiger partial charge in [-0.05, 0) is 0 Å². The summed E-state index contributed by atoms with van der Waals surface area (Å²) in [6, 6.07) is 0. The van der Waals surface area contributed by atoms with E-state index in [9.17, 15) is 3.52 Å². The van der Waals surface area contributed by atoms with E-state index in [2.05, 4.69) is 0 Å². The molecule has 0 aliphatic heterocycles. The molecule has 0 unspecified atom stereocenters. The monoisotopic (exact) mass is 168 g/mol. The average molecular weight is 168 g/mol. The van der Waals surface area contributed by atoms with Crippen molar-refractivity contribution < 1.29 is 22.8 Å². The van der Waals surface area contributed by atoms with Crippen molar-refractivity contribution in [2.75, 3.05) is 0 Å². The Balaban J connectivity index is -0.0000000750. The second-order valence-corrected chi connectivity index (χ2v) is 1.34. The topological polar surface area (TPSA) is 86.2 Å². The van der Waals surface area contributed by atoms with Crippen LogP contribution >= 0.6 is 7.82 Å². The van der Waals surface area contributed by atoms with Gasteiger partial charge in [-0.15, -0.1) is 0 Å². The maximum atomic E-state index is 9.42. The van der Waals surface area contributed by atoms with Crippen molar-refractivity contribution >= 4 is 41.9 Å². The first-order valence-corrected chi connectivity index (χ1v) is 2.85. The molecule has 8 heteroatoms. The minimum Gasteiger partial charge on any atom is -0.822 e. The van der Waals surface area contributed by atoms with Crippen LogP contribution < -0.4 is 14.7 Å². The van der Waals surface area contributed by atoms with Gasteiger partial charge in [0.2, 0.25) is 0 Å². The summed E-state index contributed by atoms with van der Waals surface area (Å²) in [4.78, 5) is 25.6. The van der Waals surface area contributed by atoms with Gasteiger partial charge in [0.05, 0.1) is 0 Å². The summed E-state index contributed by atoms with van der Waals surface area (Å²) in [7, 11) is -5.39. The van der Waals surface area contributed by atoms with E-state index in [-0.39, 0.29) is 17.4 Å². The molecule has 0 atom stereocenters. The third-order valence-corrected chi connectivity index (χ3v) is 0. The van der Waals surface area contributed by atoms with Gasteiger partial charge in [-0.1, -0.05) is 0 Å². The molecule has 0 aliphatic rings. The van der Waals surface area contributed by atoms with Crippen LogP contribution in [-0.2, 0) is 4.57 Å². The molecule has 0 rings (SSSR count). The molecule has 0 amide bonds. The Morgan fingerprint density at radius 2 is 1.25 bits per heavy atom.